The molecule has 27 heavy (non-hydrogen) atoms. The number of rotatable bonds is 5. The van der Waals surface area contributed by atoms with Crippen LogP contribution in [0.4, 0.5) is 0 Å². The van der Waals surface area contributed by atoms with E-state index in [1.165, 1.54) is 11.1 Å². The summed E-state index contributed by atoms with van der Waals surface area (Å²) in [6.45, 7) is 5.84. The van der Waals surface area contributed by atoms with Gasteiger partial charge >= 0.3 is 0 Å². The Morgan fingerprint density at radius 1 is 1.00 bits per heavy atom. The molecule has 1 aliphatic rings. The standard InChI is InChI=1S/C21H28N4O.HI/c1-22-21(23-16-19-9-6-10-20(15-19)26-2)25-13-11-24(12-14-25)17-18-7-4-3-5-8-18;/h3-10,15H,11-14,16-17H2,1-2H3,(H,22,23);1H. The molecule has 1 saturated heterocycles. The predicted molar refractivity (Wildman–Crippen MR) is 122 cm³/mol. The van der Waals surface area contributed by atoms with Crippen molar-refractivity contribution in [2.24, 2.45) is 4.99 Å². The number of halogens is 1. The molecule has 146 valence electrons. The van der Waals surface area contributed by atoms with Gasteiger partial charge in [0, 0.05) is 46.3 Å². The second-order valence-corrected chi connectivity index (χ2v) is 6.50. The van der Waals surface area contributed by atoms with Crippen molar-refractivity contribution in [1.82, 2.24) is 15.1 Å². The highest BCUT2D eigenvalue weighted by molar-refractivity contribution is 14.0. The van der Waals surface area contributed by atoms with E-state index in [4.69, 9.17) is 4.74 Å². The van der Waals surface area contributed by atoms with Crippen LogP contribution in [0.3, 0.4) is 0 Å². The fraction of sp³-hybridized carbons (Fsp3) is 0.381. The summed E-state index contributed by atoms with van der Waals surface area (Å²) in [5.41, 5.74) is 2.56. The first kappa shape index (κ1) is 21.5. The maximum atomic E-state index is 5.29. The molecule has 2 aromatic rings. The van der Waals surface area contributed by atoms with Crippen molar-refractivity contribution in [1.29, 1.82) is 0 Å². The van der Waals surface area contributed by atoms with Gasteiger partial charge in [-0.05, 0) is 23.3 Å². The molecular formula is C21H29IN4O. The fourth-order valence-electron chi connectivity index (χ4n) is 3.26. The van der Waals surface area contributed by atoms with Crippen molar-refractivity contribution in [3.05, 3.63) is 65.7 Å². The van der Waals surface area contributed by atoms with Crippen molar-refractivity contribution in [2.45, 2.75) is 13.1 Å². The van der Waals surface area contributed by atoms with Crippen molar-refractivity contribution >= 4 is 29.9 Å². The highest BCUT2D eigenvalue weighted by Crippen LogP contribution is 2.13. The molecule has 3 rings (SSSR count). The maximum absolute atomic E-state index is 5.29. The Hall–Kier alpha value is -1.80. The molecule has 0 unspecified atom stereocenters. The maximum Gasteiger partial charge on any atom is 0.194 e. The minimum atomic E-state index is 0. The molecule has 0 spiro atoms. The van der Waals surface area contributed by atoms with Gasteiger partial charge in [0.25, 0.3) is 0 Å². The number of nitrogens with zero attached hydrogens (tertiary/aromatic N) is 3. The third-order valence-electron chi connectivity index (χ3n) is 4.72. The van der Waals surface area contributed by atoms with E-state index in [9.17, 15) is 0 Å². The van der Waals surface area contributed by atoms with Crippen LogP contribution >= 0.6 is 24.0 Å². The number of hydrogen-bond acceptors (Lipinski definition) is 3. The number of methoxy groups -OCH3 is 1. The van der Waals surface area contributed by atoms with Crippen LogP contribution in [0, 0.1) is 0 Å². The van der Waals surface area contributed by atoms with Gasteiger partial charge in [0.05, 0.1) is 7.11 Å². The van der Waals surface area contributed by atoms with Crippen molar-refractivity contribution < 1.29 is 4.74 Å². The summed E-state index contributed by atoms with van der Waals surface area (Å²) in [6, 6.07) is 18.8. The lowest BCUT2D eigenvalue weighted by atomic mass is 10.2. The van der Waals surface area contributed by atoms with Gasteiger partial charge in [0.15, 0.2) is 5.96 Å². The fourth-order valence-corrected chi connectivity index (χ4v) is 3.26. The molecule has 1 N–H and O–H groups in total. The number of aliphatic imine (C=N–C) groups is 1. The number of benzene rings is 2. The third kappa shape index (κ3) is 6.39. The highest BCUT2D eigenvalue weighted by atomic mass is 127. The third-order valence-corrected chi connectivity index (χ3v) is 4.72. The molecule has 0 bridgehead atoms. The summed E-state index contributed by atoms with van der Waals surface area (Å²) < 4.78 is 5.29. The molecule has 0 aliphatic carbocycles. The Morgan fingerprint density at radius 3 is 2.37 bits per heavy atom. The van der Waals surface area contributed by atoms with Gasteiger partial charge in [0.2, 0.25) is 0 Å². The Kier molecular flexibility index (Phi) is 8.87. The first-order valence-electron chi connectivity index (χ1n) is 9.13. The molecule has 6 heteroatoms. The van der Waals surface area contributed by atoms with Crippen molar-refractivity contribution in [3.8, 4) is 5.75 Å². The van der Waals surface area contributed by atoms with Crippen LogP contribution in [0.25, 0.3) is 0 Å². The van der Waals surface area contributed by atoms with E-state index in [0.717, 1.165) is 51.0 Å². The highest BCUT2D eigenvalue weighted by Gasteiger charge is 2.19. The van der Waals surface area contributed by atoms with E-state index in [2.05, 4.69) is 62.6 Å². The molecular weight excluding hydrogens is 451 g/mol. The average Bonchev–Trinajstić information content (AvgIpc) is 2.70. The van der Waals surface area contributed by atoms with Crippen LogP contribution in [-0.4, -0.2) is 56.1 Å². The number of piperazine rings is 1. The molecule has 0 aromatic heterocycles. The van der Waals surface area contributed by atoms with E-state index in [1.807, 2.05) is 19.2 Å². The first-order chi connectivity index (χ1) is 12.8. The van der Waals surface area contributed by atoms with Gasteiger partial charge in [-0.3, -0.25) is 9.89 Å². The summed E-state index contributed by atoms with van der Waals surface area (Å²) in [4.78, 5) is 9.30. The van der Waals surface area contributed by atoms with E-state index >= 15 is 0 Å². The van der Waals surface area contributed by atoms with Crippen LogP contribution in [-0.2, 0) is 13.1 Å². The van der Waals surface area contributed by atoms with E-state index in [-0.39, 0.29) is 24.0 Å². The van der Waals surface area contributed by atoms with Crippen molar-refractivity contribution in [2.75, 3.05) is 40.3 Å². The first-order valence-corrected chi connectivity index (χ1v) is 9.13. The molecule has 5 nitrogen and oxygen atoms in total. The number of nitrogens with one attached hydrogen (secondary N) is 1. The lowest BCUT2D eigenvalue weighted by molar-refractivity contribution is 0.172. The summed E-state index contributed by atoms with van der Waals surface area (Å²) in [6.07, 6.45) is 0. The topological polar surface area (TPSA) is 40.1 Å². The Balaban J connectivity index is 0.00000261. The molecule has 0 atom stereocenters. The molecule has 1 fully saturated rings. The van der Waals surface area contributed by atoms with E-state index in [1.54, 1.807) is 7.11 Å². The predicted octanol–water partition coefficient (Wildman–Crippen LogP) is 3.21. The summed E-state index contributed by atoms with van der Waals surface area (Å²) >= 11 is 0. The SMILES string of the molecule is CN=C(NCc1cccc(OC)c1)N1CCN(Cc2ccccc2)CC1.I. The second kappa shape index (κ2) is 11.1. The zero-order valence-electron chi connectivity index (χ0n) is 16.1. The zero-order chi connectivity index (χ0) is 18.2. The molecule has 0 amide bonds. The minimum absolute atomic E-state index is 0. The number of ether oxygens (including phenoxy) is 1. The normalized spacial score (nSPS) is 15.2. The lowest BCUT2D eigenvalue weighted by Crippen LogP contribution is -2.52. The number of hydrogen-bond donors (Lipinski definition) is 1. The molecule has 0 radical (unpaired) electrons. The van der Waals surface area contributed by atoms with Crippen LogP contribution in [0.2, 0.25) is 0 Å². The second-order valence-electron chi connectivity index (χ2n) is 6.50. The molecule has 1 aliphatic heterocycles. The Morgan fingerprint density at radius 2 is 1.70 bits per heavy atom. The van der Waals surface area contributed by atoms with Crippen LogP contribution in [0.5, 0.6) is 5.75 Å². The zero-order valence-corrected chi connectivity index (χ0v) is 18.4. The van der Waals surface area contributed by atoms with Crippen LogP contribution < -0.4 is 10.1 Å². The summed E-state index contributed by atoms with van der Waals surface area (Å²) in [5, 5.41) is 3.47. The van der Waals surface area contributed by atoms with Crippen LogP contribution in [0.15, 0.2) is 59.6 Å². The summed E-state index contributed by atoms with van der Waals surface area (Å²) in [5.74, 6) is 1.85. The Labute approximate surface area is 179 Å². The quantitative estimate of drug-likeness (QED) is 0.406. The van der Waals surface area contributed by atoms with E-state index in [0.29, 0.717) is 0 Å². The summed E-state index contributed by atoms with van der Waals surface area (Å²) in [7, 11) is 3.55. The van der Waals surface area contributed by atoms with Gasteiger partial charge in [-0.25, -0.2) is 0 Å². The smallest absolute Gasteiger partial charge is 0.194 e. The molecule has 0 saturated carbocycles. The van der Waals surface area contributed by atoms with Gasteiger partial charge < -0.3 is 15.0 Å². The van der Waals surface area contributed by atoms with Gasteiger partial charge in [-0.2, -0.15) is 0 Å². The van der Waals surface area contributed by atoms with Crippen molar-refractivity contribution in [3.63, 3.8) is 0 Å². The van der Waals surface area contributed by atoms with Gasteiger partial charge in [-0.1, -0.05) is 42.5 Å². The Bertz CT molecular complexity index is 715. The van der Waals surface area contributed by atoms with Gasteiger partial charge in [-0.15, -0.1) is 24.0 Å². The van der Waals surface area contributed by atoms with Crippen LogP contribution in [0.1, 0.15) is 11.1 Å². The molecule has 1 heterocycles. The largest absolute Gasteiger partial charge is 0.497 e. The van der Waals surface area contributed by atoms with Gasteiger partial charge in [0.1, 0.15) is 5.75 Å². The lowest BCUT2D eigenvalue weighted by Gasteiger charge is -2.36. The minimum Gasteiger partial charge on any atom is -0.497 e. The number of guanidine groups is 1. The van der Waals surface area contributed by atoms with E-state index < -0.39 is 0 Å². The molecule has 2 aromatic carbocycles. The monoisotopic (exact) mass is 480 g/mol. The average molecular weight is 480 g/mol.